The summed E-state index contributed by atoms with van der Waals surface area (Å²) >= 11 is 1.77. The molecule has 1 amide bonds. The fourth-order valence-electron chi connectivity index (χ4n) is 2.57. The molecule has 0 radical (unpaired) electrons. The molecular weight excluding hydrogens is 244 g/mol. The third-order valence-electron chi connectivity index (χ3n) is 3.98. The van der Waals surface area contributed by atoms with Crippen LogP contribution in [-0.4, -0.2) is 23.7 Å². The number of hydrogen-bond donors (Lipinski definition) is 2. The molecule has 3 N–H and O–H groups in total. The Balaban J connectivity index is 1.64. The molecule has 2 aliphatic rings. The van der Waals surface area contributed by atoms with Gasteiger partial charge in [-0.05, 0) is 30.9 Å². The molecule has 96 valence electrons. The predicted octanol–water partition coefficient (Wildman–Crippen LogP) is 1.87. The van der Waals surface area contributed by atoms with Gasteiger partial charge in [0, 0.05) is 22.7 Å². The molecule has 1 aliphatic carbocycles. The van der Waals surface area contributed by atoms with Crippen LogP contribution < -0.4 is 11.1 Å². The van der Waals surface area contributed by atoms with Gasteiger partial charge >= 0.3 is 0 Å². The van der Waals surface area contributed by atoms with Crippen molar-refractivity contribution in [1.29, 1.82) is 0 Å². The summed E-state index contributed by atoms with van der Waals surface area (Å²) in [5.41, 5.74) is 7.15. The quantitative estimate of drug-likeness (QED) is 0.874. The standard InChI is InChI=1S/C14H18N2OS/c15-14(6-3-7-14)9-16-13(17)11-8-18-12-5-2-1-4-10(11)12/h1-2,4-5,11H,3,6-9,15H2,(H,16,17). The van der Waals surface area contributed by atoms with Crippen LogP contribution in [0.4, 0.5) is 0 Å². The Morgan fingerprint density at radius 2 is 2.22 bits per heavy atom. The number of carbonyl (C=O) groups excluding carboxylic acids is 1. The van der Waals surface area contributed by atoms with Crippen molar-refractivity contribution in [3.63, 3.8) is 0 Å². The second kappa shape index (κ2) is 4.59. The van der Waals surface area contributed by atoms with E-state index in [9.17, 15) is 4.79 Å². The lowest BCUT2D eigenvalue weighted by Gasteiger charge is -2.38. The SMILES string of the molecule is NC1(CNC(=O)C2CSc3ccccc32)CCC1. The predicted molar refractivity (Wildman–Crippen MR) is 73.7 cm³/mol. The Kier molecular flexibility index (Phi) is 3.08. The van der Waals surface area contributed by atoms with Crippen molar-refractivity contribution >= 4 is 17.7 Å². The van der Waals surface area contributed by atoms with Gasteiger partial charge in [0.2, 0.25) is 5.91 Å². The zero-order valence-electron chi connectivity index (χ0n) is 10.3. The highest BCUT2D eigenvalue weighted by atomic mass is 32.2. The van der Waals surface area contributed by atoms with Gasteiger partial charge in [0.1, 0.15) is 0 Å². The molecule has 1 aromatic carbocycles. The first-order valence-corrected chi connectivity index (χ1v) is 7.45. The number of benzene rings is 1. The molecule has 1 heterocycles. The number of nitrogens with one attached hydrogen (secondary N) is 1. The molecule has 3 nitrogen and oxygen atoms in total. The lowest BCUT2D eigenvalue weighted by molar-refractivity contribution is -0.122. The minimum atomic E-state index is -0.138. The largest absolute Gasteiger partial charge is 0.354 e. The molecule has 1 aromatic rings. The van der Waals surface area contributed by atoms with Gasteiger partial charge in [-0.1, -0.05) is 18.2 Å². The number of hydrogen-bond acceptors (Lipinski definition) is 3. The molecule has 1 atom stereocenters. The molecule has 0 bridgehead atoms. The normalized spacial score (nSPS) is 24.2. The fourth-order valence-corrected chi connectivity index (χ4v) is 3.80. The van der Waals surface area contributed by atoms with E-state index >= 15 is 0 Å². The Labute approximate surface area is 112 Å². The van der Waals surface area contributed by atoms with Gasteiger partial charge in [0.15, 0.2) is 0 Å². The van der Waals surface area contributed by atoms with E-state index in [1.54, 1.807) is 11.8 Å². The van der Waals surface area contributed by atoms with E-state index in [4.69, 9.17) is 5.73 Å². The fraction of sp³-hybridized carbons (Fsp3) is 0.500. The average Bonchev–Trinajstić information content (AvgIpc) is 2.77. The first-order chi connectivity index (χ1) is 8.68. The van der Waals surface area contributed by atoms with Crippen LogP contribution in [0.25, 0.3) is 0 Å². The smallest absolute Gasteiger partial charge is 0.228 e. The molecule has 1 aliphatic heterocycles. The zero-order chi connectivity index (χ0) is 12.6. The lowest BCUT2D eigenvalue weighted by atomic mass is 9.77. The summed E-state index contributed by atoms with van der Waals surface area (Å²) in [7, 11) is 0. The van der Waals surface area contributed by atoms with Gasteiger partial charge in [-0.3, -0.25) is 4.79 Å². The molecule has 0 saturated heterocycles. The van der Waals surface area contributed by atoms with Crippen LogP contribution in [0.5, 0.6) is 0 Å². The Morgan fingerprint density at radius 3 is 2.94 bits per heavy atom. The third kappa shape index (κ3) is 2.15. The number of fused-ring (bicyclic) bond motifs is 1. The summed E-state index contributed by atoms with van der Waals surface area (Å²) in [6.07, 6.45) is 3.25. The van der Waals surface area contributed by atoms with Gasteiger partial charge in [0.05, 0.1) is 5.92 Å². The first-order valence-electron chi connectivity index (χ1n) is 6.46. The summed E-state index contributed by atoms with van der Waals surface area (Å²) in [5, 5.41) is 3.03. The summed E-state index contributed by atoms with van der Waals surface area (Å²) in [6.45, 7) is 0.620. The van der Waals surface area contributed by atoms with Crippen LogP contribution >= 0.6 is 11.8 Å². The summed E-state index contributed by atoms with van der Waals surface area (Å²) in [6, 6.07) is 8.17. The van der Waals surface area contributed by atoms with Gasteiger partial charge in [-0.2, -0.15) is 0 Å². The van der Waals surface area contributed by atoms with Crippen LogP contribution in [-0.2, 0) is 4.79 Å². The summed E-state index contributed by atoms with van der Waals surface area (Å²) in [4.78, 5) is 13.5. The molecule has 1 fully saturated rings. The van der Waals surface area contributed by atoms with Crippen LogP contribution in [0, 0.1) is 0 Å². The minimum Gasteiger partial charge on any atom is -0.354 e. The highest BCUT2D eigenvalue weighted by Gasteiger charge is 2.34. The van der Waals surface area contributed by atoms with Crippen molar-refractivity contribution in [2.75, 3.05) is 12.3 Å². The number of rotatable bonds is 3. The first kappa shape index (κ1) is 12.1. The van der Waals surface area contributed by atoms with Gasteiger partial charge in [0.25, 0.3) is 0 Å². The highest BCUT2D eigenvalue weighted by Crippen LogP contribution is 2.39. The second-order valence-corrected chi connectivity index (χ2v) is 6.40. The Morgan fingerprint density at radius 1 is 1.44 bits per heavy atom. The minimum absolute atomic E-state index is 0.00474. The lowest BCUT2D eigenvalue weighted by Crippen LogP contribution is -2.55. The van der Waals surface area contributed by atoms with Gasteiger partial charge in [-0.25, -0.2) is 0 Å². The topological polar surface area (TPSA) is 55.1 Å². The van der Waals surface area contributed by atoms with Gasteiger partial charge in [-0.15, -0.1) is 11.8 Å². The number of thioether (sulfide) groups is 1. The molecular formula is C14H18N2OS. The van der Waals surface area contributed by atoms with E-state index in [0.29, 0.717) is 6.54 Å². The van der Waals surface area contributed by atoms with Crippen molar-refractivity contribution in [2.24, 2.45) is 5.73 Å². The monoisotopic (exact) mass is 262 g/mol. The molecule has 18 heavy (non-hydrogen) atoms. The Bertz CT molecular complexity index is 471. The molecule has 4 heteroatoms. The van der Waals surface area contributed by atoms with Crippen molar-refractivity contribution < 1.29 is 4.79 Å². The van der Waals surface area contributed by atoms with Crippen LogP contribution in [0.15, 0.2) is 29.2 Å². The summed E-state index contributed by atoms with van der Waals surface area (Å²) < 4.78 is 0. The zero-order valence-corrected chi connectivity index (χ0v) is 11.1. The van der Waals surface area contributed by atoms with Crippen molar-refractivity contribution in [3.05, 3.63) is 29.8 Å². The second-order valence-electron chi connectivity index (χ2n) is 5.34. The maximum Gasteiger partial charge on any atom is 0.228 e. The molecule has 1 unspecified atom stereocenters. The van der Waals surface area contributed by atoms with Crippen molar-refractivity contribution in [2.45, 2.75) is 35.6 Å². The van der Waals surface area contributed by atoms with E-state index in [1.807, 2.05) is 12.1 Å². The Hall–Kier alpha value is -1.00. The highest BCUT2D eigenvalue weighted by molar-refractivity contribution is 7.99. The molecule has 0 spiro atoms. The van der Waals surface area contributed by atoms with Crippen LogP contribution in [0.2, 0.25) is 0 Å². The van der Waals surface area contributed by atoms with E-state index in [-0.39, 0.29) is 17.4 Å². The number of amides is 1. The van der Waals surface area contributed by atoms with Gasteiger partial charge < -0.3 is 11.1 Å². The molecule has 3 rings (SSSR count). The van der Waals surface area contributed by atoms with E-state index < -0.39 is 0 Å². The van der Waals surface area contributed by atoms with Crippen LogP contribution in [0.3, 0.4) is 0 Å². The average molecular weight is 262 g/mol. The maximum atomic E-state index is 12.2. The molecule has 0 aromatic heterocycles. The number of nitrogens with two attached hydrogens (primary N) is 1. The van der Waals surface area contributed by atoms with Crippen molar-refractivity contribution in [1.82, 2.24) is 5.32 Å². The van der Waals surface area contributed by atoms with E-state index in [2.05, 4.69) is 17.4 Å². The number of carbonyl (C=O) groups is 1. The van der Waals surface area contributed by atoms with Crippen molar-refractivity contribution in [3.8, 4) is 0 Å². The molecule has 1 saturated carbocycles. The third-order valence-corrected chi connectivity index (χ3v) is 5.16. The maximum absolute atomic E-state index is 12.2. The van der Waals surface area contributed by atoms with E-state index in [1.165, 1.54) is 16.9 Å². The van der Waals surface area contributed by atoms with E-state index in [0.717, 1.165) is 18.6 Å². The summed E-state index contributed by atoms with van der Waals surface area (Å²) in [5.74, 6) is 0.974. The van der Waals surface area contributed by atoms with Crippen LogP contribution in [0.1, 0.15) is 30.7 Å².